The molecule has 0 bridgehead atoms. The largest absolute Gasteiger partial charge is 0.382 e. The average Bonchev–Trinajstić information content (AvgIpc) is 2.69. The molecule has 146 valence electrons. The van der Waals surface area contributed by atoms with Crippen LogP contribution in [0.4, 0.5) is 10.1 Å². The Morgan fingerprint density at radius 1 is 1.11 bits per heavy atom. The van der Waals surface area contributed by atoms with Crippen molar-refractivity contribution in [1.29, 1.82) is 0 Å². The number of piperidine rings is 1. The third kappa shape index (κ3) is 3.93. The van der Waals surface area contributed by atoms with Gasteiger partial charge in [-0.3, -0.25) is 4.98 Å². The van der Waals surface area contributed by atoms with Crippen molar-refractivity contribution in [3.8, 4) is 0 Å². The van der Waals surface area contributed by atoms with Gasteiger partial charge in [0.1, 0.15) is 5.82 Å². The Kier molecular flexibility index (Phi) is 5.29. The van der Waals surface area contributed by atoms with Gasteiger partial charge in [0, 0.05) is 55.7 Å². The molecule has 1 N–H and O–H groups in total. The highest BCUT2D eigenvalue weighted by atomic mass is 32.2. The zero-order valence-corrected chi connectivity index (χ0v) is 15.9. The first-order valence-electron chi connectivity index (χ1n) is 9.41. The Bertz CT molecular complexity index is 908. The molecule has 0 unspecified atom stereocenters. The van der Waals surface area contributed by atoms with E-state index in [9.17, 15) is 12.8 Å². The van der Waals surface area contributed by atoms with E-state index in [2.05, 4.69) is 10.3 Å². The summed E-state index contributed by atoms with van der Waals surface area (Å²) in [5.74, 6) is -0.307. The summed E-state index contributed by atoms with van der Waals surface area (Å²) in [6.07, 6.45) is 4.32. The summed E-state index contributed by atoms with van der Waals surface area (Å²) < 4.78 is 46.0. The summed E-state index contributed by atoms with van der Waals surface area (Å²) in [7, 11) is -3.25. The molecule has 2 aromatic rings. The molecule has 2 saturated heterocycles. The third-order valence-electron chi connectivity index (χ3n) is 5.47. The van der Waals surface area contributed by atoms with E-state index in [0.717, 1.165) is 23.9 Å². The summed E-state index contributed by atoms with van der Waals surface area (Å²) in [5.41, 5.74) is 1.52. The highest BCUT2D eigenvalue weighted by Gasteiger charge is 2.35. The first-order valence-corrected chi connectivity index (χ1v) is 10.9. The summed E-state index contributed by atoms with van der Waals surface area (Å²) >= 11 is 0. The van der Waals surface area contributed by atoms with E-state index in [1.165, 1.54) is 12.1 Å². The van der Waals surface area contributed by atoms with Crippen molar-refractivity contribution in [3.63, 3.8) is 0 Å². The quantitative estimate of drug-likeness (QED) is 0.865. The minimum atomic E-state index is -3.25. The molecule has 27 heavy (non-hydrogen) atoms. The van der Waals surface area contributed by atoms with Crippen LogP contribution >= 0.6 is 0 Å². The van der Waals surface area contributed by atoms with Gasteiger partial charge in [-0.1, -0.05) is 0 Å². The van der Waals surface area contributed by atoms with Gasteiger partial charge in [0.05, 0.1) is 10.8 Å². The van der Waals surface area contributed by atoms with Crippen LogP contribution in [0.1, 0.15) is 25.7 Å². The number of hydrogen-bond acceptors (Lipinski definition) is 5. The number of halogens is 1. The van der Waals surface area contributed by atoms with Gasteiger partial charge >= 0.3 is 0 Å². The first kappa shape index (κ1) is 18.6. The van der Waals surface area contributed by atoms with Crippen LogP contribution in [0, 0.1) is 5.82 Å². The predicted molar refractivity (Wildman–Crippen MR) is 103 cm³/mol. The molecule has 0 atom stereocenters. The number of nitrogens with zero attached hydrogens (tertiary/aromatic N) is 2. The van der Waals surface area contributed by atoms with Crippen LogP contribution in [0.25, 0.3) is 10.9 Å². The number of fused-ring (bicyclic) bond motifs is 1. The summed E-state index contributed by atoms with van der Waals surface area (Å²) in [6.45, 7) is 2.10. The second-order valence-corrected chi connectivity index (χ2v) is 9.41. The first-order chi connectivity index (χ1) is 13.0. The Morgan fingerprint density at radius 2 is 1.85 bits per heavy atom. The van der Waals surface area contributed by atoms with Gasteiger partial charge in [-0.25, -0.2) is 17.1 Å². The van der Waals surface area contributed by atoms with E-state index in [4.69, 9.17) is 4.74 Å². The zero-order chi connectivity index (χ0) is 18.9. The number of benzene rings is 1. The number of rotatable bonds is 4. The van der Waals surface area contributed by atoms with Crippen LogP contribution in [-0.2, 0) is 14.8 Å². The molecule has 8 heteroatoms. The van der Waals surface area contributed by atoms with Gasteiger partial charge in [-0.2, -0.15) is 0 Å². The molecular weight excluding hydrogens is 369 g/mol. The van der Waals surface area contributed by atoms with E-state index in [1.807, 2.05) is 6.07 Å². The summed E-state index contributed by atoms with van der Waals surface area (Å²) in [5, 5.41) is 4.05. The highest BCUT2D eigenvalue weighted by Crippen LogP contribution is 2.27. The lowest BCUT2D eigenvalue weighted by Gasteiger charge is -2.35. The van der Waals surface area contributed by atoms with Gasteiger partial charge in [0.2, 0.25) is 10.0 Å². The molecule has 2 fully saturated rings. The average molecular weight is 393 g/mol. The van der Waals surface area contributed by atoms with E-state index in [0.29, 0.717) is 44.7 Å². The molecule has 1 aromatic heterocycles. The van der Waals surface area contributed by atoms with E-state index in [-0.39, 0.29) is 17.1 Å². The van der Waals surface area contributed by atoms with Crippen molar-refractivity contribution in [2.75, 3.05) is 31.6 Å². The fourth-order valence-electron chi connectivity index (χ4n) is 3.91. The highest BCUT2D eigenvalue weighted by molar-refractivity contribution is 7.89. The monoisotopic (exact) mass is 393 g/mol. The molecule has 6 nitrogen and oxygen atoms in total. The molecule has 0 amide bonds. The van der Waals surface area contributed by atoms with Crippen LogP contribution in [0.15, 0.2) is 30.5 Å². The number of pyridine rings is 1. The topological polar surface area (TPSA) is 71.5 Å². The SMILES string of the molecule is O=S(=O)(C1CCOCC1)N1CCC(Nc2ccnc3cc(F)ccc23)CC1. The predicted octanol–water partition coefficient (Wildman–Crippen LogP) is 2.76. The smallest absolute Gasteiger partial charge is 0.217 e. The number of nitrogens with one attached hydrogen (secondary N) is 1. The normalized spacial score (nSPS) is 20.8. The molecule has 0 spiro atoms. The summed E-state index contributed by atoms with van der Waals surface area (Å²) in [4.78, 5) is 4.21. The summed E-state index contributed by atoms with van der Waals surface area (Å²) in [6, 6.07) is 6.64. The lowest BCUT2D eigenvalue weighted by molar-refractivity contribution is 0.0969. The fraction of sp³-hybridized carbons (Fsp3) is 0.526. The molecule has 2 aliphatic heterocycles. The minimum Gasteiger partial charge on any atom is -0.382 e. The van der Waals surface area contributed by atoms with Crippen molar-refractivity contribution in [2.45, 2.75) is 37.0 Å². The standard InChI is InChI=1S/C19H24FN3O3S/c20-14-1-2-17-18(3-8-21-19(17)13-14)22-15-4-9-23(10-5-15)27(24,25)16-6-11-26-12-7-16/h1-3,8,13,15-16H,4-7,9-12H2,(H,21,22). The molecule has 0 saturated carbocycles. The number of ether oxygens (including phenoxy) is 1. The molecule has 1 aromatic carbocycles. The van der Waals surface area contributed by atoms with Crippen molar-refractivity contribution >= 4 is 26.6 Å². The third-order valence-corrected chi connectivity index (χ3v) is 7.87. The molecule has 0 aliphatic carbocycles. The second-order valence-electron chi connectivity index (χ2n) is 7.19. The van der Waals surface area contributed by atoms with Crippen LogP contribution in [0.5, 0.6) is 0 Å². The van der Waals surface area contributed by atoms with Crippen molar-refractivity contribution < 1.29 is 17.5 Å². The van der Waals surface area contributed by atoms with Gasteiger partial charge in [0.15, 0.2) is 0 Å². The van der Waals surface area contributed by atoms with Gasteiger partial charge in [-0.05, 0) is 43.9 Å². The van der Waals surface area contributed by atoms with Crippen molar-refractivity contribution in [1.82, 2.24) is 9.29 Å². The lowest BCUT2D eigenvalue weighted by atomic mass is 10.1. The second kappa shape index (κ2) is 7.69. The number of hydrogen-bond donors (Lipinski definition) is 1. The fourth-order valence-corrected chi connectivity index (χ4v) is 5.84. The van der Waals surface area contributed by atoms with Crippen LogP contribution in [-0.4, -0.2) is 55.3 Å². The Balaban J connectivity index is 1.41. The minimum absolute atomic E-state index is 0.182. The number of sulfonamides is 1. The Morgan fingerprint density at radius 3 is 2.59 bits per heavy atom. The molecule has 0 radical (unpaired) electrons. The zero-order valence-electron chi connectivity index (χ0n) is 15.1. The maximum Gasteiger partial charge on any atom is 0.217 e. The van der Waals surface area contributed by atoms with E-state index >= 15 is 0 Å². The Hall–Kier alpha value is -1.77. The maximum atomic E-state index is 13.4. The van der Waals surface area contributed by atoms with Crippen molar-refractivity contribution in [3.05, 3.63) is 36.3 Å². The van der Waals surface area contributed by atoms with Gasteiger partial charge < -0.3 is 10.1 Å². The molecule has 2 aliphatic rings. The van der Waals surface area contributed by atoms with E-state index in [1.54, 1.807) is 16.6 Å². The van der Waals surface area contributed by atoms with Crippen LogP contribution < -0.4 is 5.32 Å². The van der Waals surface area contributed by atoms with E-state index < -0.39 is 10.0 Å². The van der Waals surface area contributed by atoms with Crippen LogP contribution in [0.2, 0.25) is 0 Å². The maximum absolute atomic E-state index is 13.4. The molecule has 4 rings (SSSR count). The number of anilines is 1. The molecular formula is C19H24FN3O3S. The lowest BCUT2D eigenvalue weighted by Crippen LogP contribution is -2.47. The Labute approximate surface area is 158 Å². The van der Waals surface area contributed by atoms with Gasteiger partial charge in [0.25, 0.3) is 0 Å². The van der Waals surface area contributed by atoms with Crippen LogP contribution in [0.3, 0.4) is 0 Å². The van der Waals surface area contributed by atoms with Crippen molar-refractivity contribution in [2.24, 2.45) is 0 Å². The number of aromatic nitrogens is 1. The molecule has 3 heterocycles. The van der Waals surface area contributed by atoms with Gasteiger partial charge in [-0.15, -0.1) is 0 Å².